The Labute approximate surface area is 256 Å². The van der Waals surface area contributed by atoms with Crippen LogP contribution in [0.2, 0.25) is 10.0 Å². The van der Waals surface area contributed by atoms with Gasteiger partial charge in [-0.25, -0.2) is 8.42 Å². The van der Waals surface area contributed by atoms with Gasteiger partial charge in [0.15, 0.2) is 10.7 Å². The summed E-state index contributed by atoms with van der Waals surface area (Å²) in [6.07, 6.45) is -0.361. The number of aryl methyl sites for hydroxylation is 2. The average Bonchev–Trinajstić information content (AvgIpc) is 3.28. The van der Waals surface area contributed by atoms with E-state index in [1.54, 1.807) is 43.0 Å². The van der Waals surface area contributed by atoms with E-state index in [1.807, 2.05) is 26.1 Å². The highest BCUT2D eigenvalue weighted by Crippen LogP contribution is 2.31. The van der Waals surface area contributed by atoms with Crippen LogP contribution in [0.4, 0.5) is 5.69 Å². The molecule has 4 rings (SSSR count). The first-order valence-electron chi connectivity index (χ1n) is 13.6. The third-order valence-electron chi connectivity index (χ3n) is 7.33. The molecule has 228 valence electrons. The lowest BCUT2D eigenvalue weighted by molar-refractivity contribution is -0.134. The molecule has 0 fully saturated rings. The molecule has 0 aliphatic carbocycles. The maximum atomic E-state index is 13.5. The molecule has 0 bridgehead atoms. The summed E-state index contributed by atoms with van der Waals surface area (Å²) < 4.78 is 40.4. The fourth-order valence-electron chi connectivity index (χ4n) is 5.10. The minimum Gasteiger partial charge on any atom is -0.488 e. The van der Waals surface area contributed by atoms with E-state index in [0.29, 0.717) is 41.0 Å². The first-order valence-corrected chi connectivity index (χ1v) is 15.8. The van der Waals surface area contributed by atoms with Gasteiger partial charge in [-0.2, -0.15) is 0 Å². The van der Waals surface area contributed by atoms with Crippen LogP contribution in [0.3, 0.4) is 0 Å². The zero-order valence-electron chi connectivity index (χ0n) is 24.2. The largest absolute Gasteiger partial charge is 0.488 e. The molecule has 1 aromatic heterocycles. The van der Waals surface area contributed by atoms with E-state index in [0.717, 1.165) is 5.56 Å². The number of likely N-dealkylation sites (N-methyl/N-ethyl adjacent to an activating group) is 1. The van der Waals surface area contributed by atoms with Crippen molar-refractivity contribution < 1.29 is 27.6 Å². The Morgan fingerprint density at radius 2 is 1.93 bits per heavy atom. The molecule has 0 saturated heterocycles. The van der Waals surface area contributed by atoms with Crippen LogP contribution in [0.25, 0.3) is 0 Å². The van der Waals surface area contributed by atoms with Gasteiger partial charge in [0.2, 0.25) is 5.91 Å². The first-order chi connectivity index (χ1) is 19.8. The number of amides is 1. The van der Waals surface area contributed by atoms with Gasteiger partial charge in [-0.1, -0.05) is 41.3 Å². The van der Waals surface area contributed by atoms with E-state index in [2.05, 4.69) is 14.8 Å². The SMILES string of the molecule is Cc1noc(C)c1S(=O)(=O)Nc1ccc2c(c1)CC(=O)N([C@H](C)CO)C[C@H](C)[C@@H](CN(C)Cc1ccc(Cl)c(Cl)c1)O2. The van der Waals surface area contributed by atoms with Gasteiger partial charge in [0.1, 0.15) is 17.5 Å². The van der Waals surface area contributed by atoms with Crippen molar-refractivity contribution >= 4 is 44.8 Å². The van der Waals surface area contributed by atoms with Crippen LogP contribution in [-0.2, 0) is 27.8 Å². The number of hydrogen-bond donors (Lipinski definition) is 2. The molecular formula is C29H36Cl2N4O6S. The van der Waals surface area contributed by atoms with Crippen LogP contribution in [0.15, 0.2) is 45.8 Å². The molecule has 2 N–H and O–H groups in total. The molecule has 42 heavy (non-hydrogen) atoms. The van der Waals surface area contributed by atoms with Crippen molar-refractivity contribution in [2.75, 3.05) is 31.5 Å². The summed E-state index contributed by atoms with van der Waals surface area (Å²) in [4.78, 5) is 17.2. The number of nitrogens with one attached hydrogen (secondary N) is 1. The maximum Gasteiger partial charge on any atom is 0.267 e. The molecule has 3 atom stereocenters. The van der Waals surface area contributed by atoms with Crippen LogP contribution < -0.4 is 9.46 Å². The smallest absolute Gasteiger partial charge is 0.267 e. The minimum absolute atomic E-state index is 0.0276. The average molecular weight is 640 g/mol. The first kappa shape index (κ1) is 32.1. The number of anilines is 1. The van der Waals surface area contributed by atoms with E-state index < -0.39 is 16.1 Å². The van der Waals surface area contributed by atoms with E-state index >= 15 is 0 Å². The standard InChI is InChI=1S/C29H36Cl2N4O6S/c1-17-13-35(18(2)16-36)28(37)12-22-11-23(33-42(38,39)29-19(3)32-41-20(29)4)7-9-26(22)40-27(17)15-34(5)14-21-6-8-24(30)25(31)10-21/h6-11,17-18,27,33,36H,12-16H2,1-5H3/t17-,18+,27+/m0/s1. The van der Waals surface area contributed by atoms with E-state index in [-0.39, 0.29) is 53.0 Å². The van der Waals surface area contributed by atoms with Gasteiger partial charge >= 0.3 is 0 Å². The second-order valence-electron chi connectivity index (χ2n) is 10.9. The molecule has 10 nitrogen and oxygen atoms in total. The fraction of sp³-hybridized carbons (Fsp3) is 0.448. The normalized spacial score (nSPS) is 18.6. The lowest BCUT2D eigenvalue weighted by Crippen LogP contribution is -2.47. The molecule has 2 heterocycles. The summed E-state index contributed by atoms with van der Waals surface area (Å²) in [5, 5.41) is 14.6. The Morgan fingerprint density at radius 3 is 2.57 bits per heavy atom. The van der Waals surface area contributed by atoms with E-state index in [4.69, 9.17) is 32.5 Å². The molecule has 13 heteroatoms. The van der Waals surface area contributed by atoms with Crippen molar-refractivity contribution in [1.82, 2.24) is 15.0 Å². The number of carbonyl (C=O) groups excluding carboxylic acids is 1. The topological polar surface area (TPSA) is 125 Å². The monoisotopic (exact) mass is 638 g/mol. The molecule has 1 aliphatic heterocycles. The lowest BCUT2D eigenvalue weighted by Gasteiger charge is -2.34. The summed E-state index contributed by atoms with van der Waals surface area (Å²) in [7, 11) is -2.02. The molecule has 1 aliphatic rings. The number of benzene rings is 2. The number of ether oxygens (including phenoxy) is 1. The van der Waals surface area contributed by atoms with Gasteiger partial charge in [0.05, 0.1) is 29.1 Å². The number of rotatable bonds is 9. The lowest BCUT2D eigenvalue weighted by atomic mass is 10.0. The highest BCUT2D eigenvalue weighted by Gasteiger charge is 2.32. The van der Waals surface area contributed by atoms with Crippen molar-refractivity contribution in [1.29, 1.82) is 0 Å². The number of nitrogens with zero attached hydrogens (tertiary/aromatic N) is 3. The molecule has 2 aromatic carbocycles. The Kier molecular flexibility index (Phi) is 10.1. The molecule has 1 amide bonds. The second kappa shape index (κ2) is 13.2. The van der Waals surface area contributed by atoms with Crippen LogP contribution in [0.5, 0.6) is 5.75 Å². The predicted molar refractivity (Wildman–Crippen MR) is 162 cm³/mol. The number of aromatic nitrogens is 1. The zero-order valence-corrected chi connectivity index (χ0v) is 26.6. The Bertz CT molecular complexity index is 1530. The Hall–Kier alpha value is -2.83. The summed E-state index contributed by atoms with van der Waals surface area (Å²) >= 11 is 12.3. The Balaban J connectivity index is 1.64. The molecule has 0 unspecified atom stereocenters. The van der Waals surface area contributed by atoms with Crippen molar-refractivity contribution in [3.8, 4) is 5.75 Å². The summed E-state index contributed by atoms with van der Waals surface area (Å²) in [5.41, 5.74) is 2.04. The number of halogens is 2. The third kappa shape index (κ3) is 7.38. The van der Waals surface area contributed by atoms with Gasteiger partial charge in [0.25, 0.3) is 10.0 Å². The van der Waals surface area contributed by atoms with Crippen molar-refractivity contribution in [3.63, 3.8) is 0 Å². The number of fused-ring (bicyclic) bond motifs is 1. The second-order valence-corrected chi connectivity index (χ2v) is 13.3. The van der Waals surface area contributed by atoms with Crippen molar-refractivity contribution in [2.45, 2.75) is 57.7 Å². The molecule has 0 saturated carbocycles. The minimum atomic E-state index is -3.99. The highest BCUT2D eigenvalue weighted by molar-refractivity contribution is 7.92. The van der Waals surface area contributed by atoms with Crippen molar-refractivity contribution in [2.24, 2.45) is 5.92 Å². The van der Waals surface area contributed by atoms with E-state index in [1.165, 1.54) is 6.92 Å². The Morgan fingerprint density at radius 1 is 1.19 bits per heavy atom. The van der Waals surface area contributed by atoms with Crippen LogP contribution in [0.1, 0.15) is 36.4 Å². The molecule has 3 aromatic rings. The predicted octanol–water partition coefficient (Wildman–Crippen LogP) is 4.68. The number of aliphatic hydroxyl groups is 1. The molecule has 0 radical (unpaired) electrons. The number of sulfonamides is 1. The third-order valence-corrected chi connectivity index (χ3v) is 9.70. The maximum absolute atomic E-state index is 13.5. The summed E-state index contributed by atoms with van der Waals surface area (Å²) in [6.45, 7) is 8.20. The van der Waals surface area contributed by atoms with Crippen LogP contribution >= 0.6 is 23.2 Å². The number of aliphatic hydroxyl groups excluding tert-OH is 1. The summed E-state index contributed by atoms with van der Waals surface area (Å²) in [6, 6.07) is 10.00. The number of hydrogen-bond acceptors (Lipinski definition) is 8. The number of carbonyl (C=O) groups is 1. The zero-order chi connectivity index (χ0) is 30.8. The van der Waals surface area contributed by atoms with Crippen LogP contribution in [0, 0.1) is 19.8 Å². The fourth-order valence-corrected chi connectivity index (χ4v) is 6.80. The van der Waals surface area contributed by atoms with Gasteiger partial charge in [0, 0.05) is 36.8 Å². The molecular weight excluding hydrogens is 603 g/mol. The van der Waals surface area contributed by atoms with E-state index in [9.17, 15) is 18.3 Å². The quantitative estimate of drug-likeness (QED) is 0.346. The molecule has 0 spiro atoms. The van der Waals surface area contributed by atoms with Crippen LogP contribution in [-0.4, -0.2) is 73.3 Å². The van der Waals surface area contributed by atoms with Gasteiger partial charge in [-0.05, 0) is 63.7 Å². The van der Waals surface area contributed by atoms with Gasteiger partial charge in [-0.15, -0.1) is 0 Å². The van der Waals surface area contributed by atoms with Gasteiger partial charge < -0.3 is 19.3 Å². The summed E-state index contributed by atoms with van der Waals surface area (Å²) in [5.74, 6) is 0.380. The van der Waals surface area contributed by atoms with Crippen molar-refractivity contribution in [3.05, 3.63) is 69.0 Å². The van der Waals surface area contributed by atoms with Gasteiger partial charge in [-0.3, -0.25) is 14.4 Å². The highest BCUT2D eigenvalue weighted by atomic mass is 35.5.